The molecule has 190 valence electrons. The summed E-state index contributed by atoms with van der Waals surface area (Å²) in [6.07, 6.45) is 8.99. The molecule has 1 saturated heterocycles. The maximum absolute atomic E-state index is 6.84. The smallest absolute Gasteiger partial charge is 0.202 e. The molecule has 4 aromatic rings. The van der Waals surface area contributed by atoms with E-state index in [1.165, 1.54) is 11.1 Å². The quantitative estimate of drug-likeness (QED) is 0.306. The molecule has 0 unspecified atom stereocenters. The van der Waals surface area contributed by atoms with Gasteiger partial charge in [0, 0.05) is 49.7 Å². The number of aromatic amines is 1. The number of anilines is 3. The summed E-state index contributed by atoms with van der Waals surface area (Å²) in [5.74, 6) is 1.55. The summed E-state index contributed by atoms with van der Waals surface area (Å²) in [7, 11) is 1.95. The van der Waals surface area contributed by atoms with Gasteiger partial charge >= 0.3 is 0 Å². The van der Waals surface area contributed by atoms with E-state index in [9.17, 15) is 0 Å². The molecule has 1 spiro atoms. The second kappa shape index (κ2) is 8.56. The Labute approximate surface area is 220 Å². The van der Waals surface area contributed by atoms with Gasteiger partial charge in [-0.15, -0.1) is 0 Å². The highest BCUT2D eigenvalue weighted by Crippen LogP contribution is 2.51. The Balaban J connectivity index is 1.11. The molecule has 0 bridgehead atoms. The zero-order valence-electron chi connectivity index (χ0n) is 20.8. The molecule has 9 nitrogen and oxygen atoms in total. The second-order valence-electron chi connectivity index (χ2n) is 10.6. The molecule has 37 heavy (non-hydrogen) atoms. The number of nitrogens with zero attached hydrogens (tertiary/aromatic N) is 5. The third-order valence-corrected chi connectivity index (χ3v) is 8.77. The van der Waals surface area contributed by atoms with Crippen molar-refractivity contribution in [2.24, 2.45) is 11.1 Å². The summed E-state index contributed by atoms with van der Waals surface area (Å²) in [6, 6.07) is 9.00. The van der Waals surface area contributed by atoms with Gasteiger partial charge in [0.1, 0.15) is 17.2 Å². The lowest BCUT2D eigenvalue weighted by atomic mass is 9.73. The lowest BCUT2D eigenvalue weighted by Crippen LogP contribution is -2.44. The van der Waals surface area contributed by atoms with Crippen LogP contribution in [0.5, 0.6) is 0 Å². The number of aromatic nitrogens is 5. The summed E-state index contributed by atoms with van der Waals surface area (Å²) >= 11 is 6.70. The number of rotatable bonds is 5. The molecular weight excluding hydrogens is 486 g/mol. The van der Waals surface area contributed by atoms with Crippen molar-refractivity contribution >= 4 is 40.1 Å². The predicted molar refractivity (Wildman–Crippen MR) is 147 cm³/mol. The van der Waals surface area contributed by atoms with Crippen LogP contribution in [0.25, 0.3) is 22.4 Å². The van der Waals surface area contributed by atoms with Crippen LogP contribution in [-0.2, 0) is 6.42 Å². The number of fused-ring (bicyclic) bond motifs is 2. The van der Waals surface area contributed by atoms with Crippen molar-refractivity contribution in [3.8, 4) is 11.3 Å². The fraction of sp³-hybridized carbons (Fsp3) is 0.407. The van der Waals surface area contributed by atoms with Crippen molar-refractivity contribution in [1.82, 2.24) is 25.1 Å². The third kappa shape index (κ3) is 3.79. The van der Waals surface area contributed by atoms with Crippen molar-refractivity contribution in [2.45, 2.75) is 44.2 Å². The normalized spacial score (nSPS) is 20.4. The first-order chi connectivity index (χ1) is 18.0. The van der Waals surface area contributed by atoms with Gasteiger partial charge in [-0.05, 0) is 66.8 Å². The Morgan fingerprint density at radius 1 is 1.16 bits per heavy atom. The summed E-state index contributed by atoms with van der Waals surface area (Å²) in [5.41, 5.74) is 13.6. The standard InChI is InChI=1S/C27H30ClN9/c1-30-17-3-2-15-13-27(24(29)19(15)12-17)7-10-37(11-8-27)20-14-32-23-22(35-36-26(23)34-20)18-6-9-31-25(21(18)28)33-16-4-5-16/h2-3,6,9,12,14,16,24,30H,4-5,7-8,10-11,13,29H2,1H3,(H,31,33)(H,34,35,36)/t24-/m1/s1. The number of nitrogens with two attached hydrogens (primary N) is 1. The number of benzene rings is 1. The van der Waals surface area contributed by atoms with Gasteiger partial charge < -0.3 is 21.3 Å². The molecule has 0 radical (unpaired) electrons. The molecule has 0 amide bonds. The van der Waals surface area contributed by atoms with Crippen molar-refractivity contribution in [1.29, 1.82) is 0 Å². The van der Waals surface area contributed by atoms with E-state index < -0.39 is 0 Å². The molecule has 3 aromatic heterocycles. The van der Waals surface area contributed by atoms with Crippen LogP contribution in [-0.4, -0.2) is 51.3 Å². The molecule has 7 rings (SSSR count). The van der Waals surface area contributed by atoms with E-state index in [1.807, 2.05) is 19.3 Å². The molecule has 1 saturated carbocycles. The van der Waals surface area contributed by atoms with E-state index in [1.54, 1.807) is 6.20 Å². The molecule has 3 aliphatic rings. The minimum atomic E-state index is 0.0600. The van der Waals surface area contributed by atoms with Crippen LogP contribution in [0.3, 0.4) is 0 Å². The molecule has 2 fully saturated rings. The summed E-state index contributed by atoms with van der Waals surface area (Å²) in [4.78, 5) is 16.3. The van der Waals surface area contributed by atoms with Gasteiger partial charge in [0.25, 0.3) is 0 Å². The van der Waals surface area contributed by atoms with E-state index in [4.69, 9.17) is 27.3 Å². The number of hydrogen-bond donors (Lipinski definition) is 4. The number of halogens is 1. The van der Waals surface area contributed by atoms with Gasteiger partial charge in [0.05, 0.1) is 16.9 Å². The zero-order valence-corrected chi connectivity index (χ0v) is 21.5. The fourth-order valence-electron chi connectivity index (χ4n) is 5.97. The van der Waals surface area contributed by atoms with Crippen LogP contribution < -0.4 is 21.3 Å². The molecule has 2 aliphatic carbocycles. The van der Waals surface area contributed by atoms with Crippen molar-refractivity contribution in [3.05, 3.63) is 52.8 Å². The van der Waals surface area contributed by atoms with Crippen LogP contribution in [0.15, 0.2) is 36.7 Å². The first kappa shape index (κ1) is 22.7. The topological polar surface area (TPSA) is 121 Å². The monoisotopic (exact) mass is 515 g/mol. The first-order valence-electron chi connectivity index (χ1n) is 13.0. The van der Waals surface area contributed by atoms with Crippen LogP contribution >= 0.6 is 11.6 Å². The highest BCUT2D eigenvalue weighted by molar-refractivity contribution is 6.35. The average Bonchev–Trinajstić information content (AvgIpc) is 3.59. The van der Waals surface area contributed by atoms with E-state index in [-0.39, 0.29) is 11.5 Å². The third-order valence-electron chi connectivity index (χ3n) is 8.38. The molecular formula is C27H30ClN9. The lowest BCUT2D eigenvalue weighted by Gasteiger charge is -2.42. The van der Waals surface area contributed by atoms with Gasteiger partial charge in [-0.3, -0.25) is 5.10 Å². The zero-order chi connectivity index (χ0) is 25.1. The Bertz CT molecular complexity index is 1490. The molecule has 1 aliphatic heterocycles. The molecule has 1 aromatic carbocycles. The largest absolute Gasteiger partial charge is 0.388 e. The van der Waals surface area contributed by atoms with Gasteiger partial charge in [-0.1, -0.05) is 17.7 Å². The molecule has 10 heteroatoms. The highest BCUT2D eigenvalue weighted by Gasteiger charge is 2.46. The maximum atomic E-state index is 6.84. The highest BCUT2D eigenvalue weighted by atomic mass is 35.5. The average molecular weight is 516 g/mol. The Morgan fingerprint density at radius 2 is 2.00 bits per heavy atom. The lowest BCUT2D eigenvalue weighted by molar-refractivity contribution is 0.187. The van der Waals surface area contributed by atoms with Crippen molar-refractivity contribution in [2.75, 3.05) is 35.7 Å². The van der Waals surface area contributed by atoms with Crippen molar-refractivity contribution < 1.29 is 0 Å². The molecule has 4 heterocycles. The number of hydrogen-bond acceptors (Lipinski definition) is 8. The number of piperidine rings is 1. The predicted octanol–water partition coefficient (Wildman–Crippen LogP) is 4.53. The van der Waals surface area contributed by atoms with Gasteiger partial charge in [0.2, 0.25) is 5.65 Å². The molecule has 1 atom stereocenters. The van der Waals surface area contributed by atoms with E-state index in [0.29, 0.717) is 28.0 Å². The van der Waals surface area contributed by atoms with Crippen molar-refractivity contribution in [3.63, 3.8) is 0 Å². The Morgan fingerprint density at radius 3 is 2.78 bits per heavy atom. The second-order valence-corrected chi connectivity index (χ2v) is 11.0. The van der Waals surface area contributed by atoms with Gasteiger partial charge in [-0.2, -0.15) is 5.10 Å². The number of H-pyrrole nitrogens is 1. The fourth-order valence-corrected chi connectivity index (χ4v) is 6.23. The van der Waals surface area contributed by atoms with Crippen LogP contribution in [0.2, 0.25) is 5.02 Å². The van der Waals surface area contributed by atoms with E-state index in [2.05, 4.69) is 48.9 Å². The SMILES string of the molecule is CNc1ccc2c(c1)[C@@H](N)C1(CCN(c3cnc4c(-c5ccnc(NC6CC6)c5Cl)[nH]nc4n3)CC1)C2. The minimum Gasteiger partial charge on any atom is -0.388 e. The Hall–Kier alpha value is -3.43. The number of pyridine rings is 1. The van der Waals surface area contributed by atoms with Crippen LogP contribution in [0, 0.1) is 5.41 Å². The summed E-state index contributed by atoms with van der Waals surface area (Å²) < 4.78 is 0. The number of nitrogens with one attached hydrogen (secondary N) is 3. The van der Waals surface area contributed by atoms with Gasteiger partial charge in [0.15, 0.2) is 0 Å². The Kier molecular flexibility index (Phi) is 5.26. The van der Waals surface area contributed by atoms with E-state index in [0.717, 1.165) is 68.0 Å². The van der Waals surface area contributed by atoms with Gasteiger partial charge in [-0.25, -0.2) is 15.0 Å². The van der Waals surface area contributed by atoms with Crippen LogP contribution in [0.4, 0.5) is 17.3 Å². The summed E-state index contributed by atoms with van der Waals surface area (Å²) in [6.45, 7) is 1.79. The molecule has 5 N–H and O–H groups in total. The van der Waals surface area contributed by atoms with Crippen LogP contribution in [0.1, 0.15) is 42.9 Å². The first-order valence-corrected chi connectivity index (χ1v) is 13.4. The minimum absolute atomic E-state index is 0.0600. The van der Waals surface area contributed by atoms with E-state index >= 15 is 0 Å². The maximum Gasteiger partial charge on any atom is 0.202 e. The summed E-state index contributed by atoms with van der Waals surface area (Å²) in [5, 5.41) is 14.8.